The molecular weight excluding hydrogens is 318 g/mol. The third-order valence-electron chi connectivity index (χ3n) is 3.73. The van der Waals surface area contributed by atoms with E-state index in [0.717, 1.165) is 5.56 Å². The number of primary amides is 1. The van der Waals surface area contributed by atoms with Gasteiger partial charge < -0.3 is 15.5 Å². The van der Waals surface area contributed by atoms with Crippen molar-refractivity contribution in [2.24, 2.45) is 5.73 Å². The molecule has 126 valence electrons. The molecule has 0 aliphatic carbocycles. The van der Waals surface area contributed by atoms with Crippen molar-refractivity contribution in [1.82, 2.24) is 10.3 Å². The molecule has 0 saturated carbocycles. The third kappa shape index (κ3) is 3.58. The van der Waals surface area contributed by atoms with E-state index in [1.54, 1.807) is 31.2 Å². The number of hydrogen-bond acceptors (Lipinski definition) is 4. The molecule has 25 heavy (non-hydrogen) atoms. The molecule has 2 aromatic carbocycles. The van der Waals surface area contributed by atoms with Gasteiger partial charge in [-0.05, 0) is 24.6 Å². The first-order valence-corrected chi connectivity index (χ1v) is 7.74. The van der Waals surface area contributed by atoms with Crippen LogP contribution in [0.1, 0.15) is 27.9 Å². The molecule has 3 rings (SSSR count). The number of carbonyl (C=O) groups excluding carboxylic acids is 2. The molecule has 2 amide bonds. The van der Waals surface area contributed by atoms with E-state index in [1.807, 2.05) is 36.4 Å². The van der Waals surface area contributed by atoms with Gasteiger partial charge in [0.05, 0.1) is 0 Å². The highest BCUT2D eigenvalue weighted by Gasteiger charge is 2.24. The maximum Gasteiger partial charge on any atom is 0.274 e. The fraction of sp³-hybridized carbons (Fsp3) is 0.105. The Morgan fingerprint density at radius 2 is 1.64 bits per heavy atom. The summed E-state index contributed by atoms with van der Waals surface area (Å²) >= 11 is 0. The number of carbonyl (C=O) groups is 2. The van der Waals surface area contributed by atoms with E-state index in [2.05, 4.69) is 10.3 Å². The molecule has 0 fully saturated rings. The first kappa shape index (κ1) is 16.4. The number of aryl methyl sites for hydroxylation is 1. The van der Waals surface area contributed by atoms with Crippen molar-refractivity contribution in [3.8, 4) is 11.5 Å². The standard InChI is InChI=1S/C19H17N3O3/c1-12-15(22-19(25-12)14-10-6-3-7-11-14)18(24)21-16(17(20)23)13-8-4-2-5-9-13/h2-11,16H,1H3,(H2,20,23)(H,21,24)/t16-/m0/s1. The first-order chi connectivity index (χ1) is 12.1. The Labute approximate surface area is 144 Å². The number of oxazole rings is 1. The van der Waals surface area contributed by atoms with E-state index >= 15 is 0 Å². The molecule has 6 nitrogen and oxygen atoms in total. The molecule has 0 aliphatic rings. The van der Waals surface area contributed by atoms with E-state index < -0.39 is 17.9 Å². The number of hydrogen-bond donors (Lipinski definition) is 2. The second-order valence-electron chi connectivity index (χ2n) is 5.51. The summed E-state index contributed by atoms with van der Waals surface area (Å²) in [5.74, 6) is -0.453. The molecule has 1 heterocycles. The van der Waals surface area contributed by atoms with Gasteiger partial charge in [0.15, 0.2) is 5.69 Å². The monoisotopic (exact) mass is 335 g/mol. The highest BCUT2D eigenvalue weighted by molar-refractivity contribution is 5.97. The van der Waals surface area contributed by atoms with Gasteiger partial charge in [-0.2, -0.15) is 0 Å². The van der Waals surface area contributed by atoms with Crippen LogP contribution in [0.25, 0.3) is 11.5 Å². The Morgan fingerprint density at radius 1 is 1.04 bits per heavy atom. The maximum atomic E-state index is 12.6. The molecule has 0 spiro atoms. The average Bonchev–Trinajstić information content (AvgIpc) is 3.02. The summed E-state index contributed by atoms with van der Waals surface area (Å²) in [6, 6.07) is 17.1. The van der Waals surface area contributed by atoms with E-state index in [4.69, 9.17) is 10.2 Å². The van der Waals surface area contributed by atoms with Crippen LogP contribution < -0.4 is 11.1 Å². The Morgan fingerprint density at radius 3 is 2.24 bits per heavy atom. The lowest BCUT2D eigenvalue weighted by Gasteiger charge is -2.15. The number of benzene rings is 2. The third-order valence-corrected chi connectivity index (χ3v) is 3.73. The minimum absolute atomic E-state index is 0.126. The molecule has 6 heteroatoms. The van der Waals surface area contributed by atoms with Crippen LogP contribution in [0.5, 0.6) is 0 Å². The molecule has 1 aromatic heterocycles. The van der Waals surface area contributed by atoms with Gasteiger partial charge in [-0.1, -0.05) is 48.5 Å². The van der Waals surface area contributed by atoms with Crippen molar-refractivity contribution < 1.29 is 14.0 Å². The molecule has 0 saturated heterocycles. The molecular formula is C19H17N3O3. The van der Waals surface area contributed by atoms with Gasteiger partial charge in [-0.3, -0.25) is 9.59 Å². The second kappa shape index (κ2) is 7.00. The van der Waals surface area contributed by atoms with Gasteiger partial charge in [0.2, 0.25) is 11.8 Å². The topological polar surface area (TPSA) is 98.2 Å². The number of nitrogens with one attached hydrogen (secondary N) is 1. The van der Waals surface area contributed by atoms with E-state index in [1.165, 1.54) is 0 Å². The number of aromatic nitrogens is 1. The van der Waals surface area contributed by atoms with Gasteiger partial charge in [0, 0.05) is 5.56 Å². The Balaban J connectivity index is 1.86. The molecule has 0 bridgehead atoms. The molecule has 3 aromatic rings. The number of nitrogens with zero attached hydrogens (tertiary/aromatic N) is 1. The number of nitrogens with two attached hydrogens (primary N) is 1. The molecule has 0 radical (unpaired) electrons. The summed E-state index contributed by atoms with van der Waals surface area (Å²) in [6.07, 6.45) is 0. The summed E-state index contributed by atoms with van der Waals surface area (Å²) < 4.78 is 5.58. The van der Waals surface area contributed by atoms with Crippen molar-refractivity contribution in [2.75, 3.05) is 0 Å². The fourth-order valence-corrected chi connectivity index (χ4v) is 2.47. The normalized spacial score (nSPS) is 11.7. The van der Waals surface area contributed by atoms with Gasteiger partial charge in [-0.15, -0.1) is 0 Å². The number of amides is 2. The zero-order valence-electron chi connectivity index (χ0n) is 13.6. The van der Waals surface area contributed by atoms with Crippen molar-refractivity contribution >= 4 is 11.8 Å². The van der Waals surface area contributed by atoms with Gasteiger partial charge in [0.25, 0.3) is 5.91 Å². The van der Waals surface area contributed by atoms with Crippen LogP contribution in [0.2, 0.25) is 0 Å². The van der Waals surface area contributed by atoms with Gasteiger partial charge in [-0.25, -0.2) is 4.98 Å². The van der Waals surface area contributed by atoms with Gasteiger partial charge in [0.1, 0.15) is 11.8 Å². The largest absolute Gasteiger partial charge is 0.441 e. The van der Waals surface area contributed by atoms with Crippen LogP contribution in [0.4, 0.5) is 0 Å². The Bertz CT molecular complexity index is 889. The minimum Gasteiger partial charge on any atom is -0.441 e. The predicted molar refractivity (Wildman–Crippen MR) is 92.5 cm³/mol. The summed E-state index contributed by atoms with van der Waals surface area (Å²) in [5.41, 5.74) is 6.93. The fourth-order valence-electron chi connectivity index (χ4n) is 2.47. The van der Waals surface area contributed by atoms with Crippen molar-refractivity contribution in [1.29, 1.82) is 0 Å². The lowest BCUT2D eigenvalue weighted by molar-refractivity contribution is -0.120. The molecule has 0 aliphatic heterocycles. The molecule has 0 unspecified atom stereocenters. The van der Waals surface area contributed by atoms with Crippen LogP contribution in [0, 0.1) is 6.92 Å². The molecule has 1 atom stereocenters. The van der Waals surface area contributed by atoms with Crippen LogP contribution in [-0.2, 0) is 4.79 Å². The summed E-state index contributed by atoms with van der Waals surface area (Å²) in [7, 11) is 0. The highest BCUT2D eigenvalue weighted by Crippen LogP contribution is 2.22. The van der Waals surface area contributed by atoms with E-state index in [-0.39, 0.29) is 5.69 Å². The SMILES string of the molecule is Cc1oc(-c2ccccc2)nc1C(=O)N[C@H](C(N)=O)c1ccccc1. The van der Waals surface area contributed by atoms with E-state index in [9.17, 15) is 9.59 Å². The summed E-state index contributed by atoms with van der Waals surface area (Å²) in [5, 5.41) is 2.62. The van der Waals surface area contributed by atoms with Crippen molar-refractivity contribution in [3.05, 3.63) is 77.7 Å². The zero-order valence-corrected chi connectivity index (χ0v) is 13.6. The predicted octanol–water partition coefficient (Wildman–Crippen LogP) is 2.61. The van der Waals surface area contributed by atoms with E-state index in [0.29, 0.717) is 17.2 Å². The second-order valence-corrected chi connectivity index (χ2v) is 5.51. The number of rotatable bonds is 5. The van der Waals surface area contributed by atoms with Crippen LogP contribution in [-0.4, -0.2) is 16.8 Å². The maximum absolute atomic E-state index is 12.6. The van der Waals surface area contributed by atoms with Crippen molar-refractivity contribution in [2.45, 2.75) is 13.0 Å². The van der Waals surface area contributed by atoms with Crippen LogP contribution in [0.15, 0.2) is 65.1 Å². The van der Waals surface area contributed by atoms with Crippen LogP contribution in [0.3, 0.4) is 0 Å². The molecule has 3 N–H and O–H groups in total. The summed E-state index contributed by atoms with van der Waals surface area (Å²) in [4.78, 5) is 28.6. The van der Waals surface area contributed by atoms with Crippen molar-refractivity contribution in [3.63, 3.8) is 0 Å². The lowest BCUT2D eigenvalue weighted by Crippen LogP contribution is -2.37. The van der Waals surface area contributed by atoms with Crippen LogP contribution >= 0.6 is 0 Å². The quantitative estimate of drug-likeness (QED) is 0.749. The highest BCUT2D eigenvalue weighted by atomic mass is 16.4. The first-order valence-electron chi connectivity index (χ1n) is 7.74. The Kier molecular flexibility index (Phi) is 4.61. The minimum atomic E-state index is -0.940. The lowest BCUT2D eigenvalue weighted by atomic mass is 10.1. The van der Waals surface area contributed by atoms with Gasteiger partial charge >= 0.3 is 0 Å². The average molecular weight is 335 g/mol. The Hall–Kier alpha value is -3.41. The smallest absolute Gasteiger partial charge is 0.274 e. The summed E-state index contributed by atoms with van der Waals surface area (Å²) in [6.45, 7) is 1.65. The zero-order chi connectivity index (χ0) is 17.8.